The Kier molecular flexibility index (Phi) is 3.17. The summed E-state index contributed by atoms with van der Waals surface area (Å²) in [5.74, 6) is -0.958. The minimum Gasteiger partial charge on any atom is -0.504 e. The number of benzene rings is 2. The highest BCUT2D eigenvalue weighted by Crippen LogP contribution is 2.31. The van der Waals surface area contributed by atoms with Gasteiger partial charge in [-0.25, -0.2) is 0 Å². The Morgan fingerprint density at radius 3 is 2.71 bits per heavy atom. The van der Waals surface area contributed by atoms with Crippen molar-refractivity contribution in [1.29, 1.82) is 0 Å². The normalized spacial score (nSPS) is 13.8. The van der Waals surface area contributed by atoms with Crippen molar-refractivity contribution in [2.24, 2.45) is 0 Å². The van der Waals surface area contributed by atoms with Gasteiger partial charge in [-0.1, -0.05) is 18.2 Å². The predicted octanol–water partition coefficient (Wildman–Crippen LogP) is 1.88. The summed E-state index contributed by atoms with van der Waals surface area (Å²) in [5.41, 5.74) is 8.91. The molecule has 5 nitrogen and oxygen atoms in total. The van der Waals surface area contributed by atoms with Crippen molar-refractivity contribution < 1.29 is 15.0 Å². The highest BCUT2D eigenvalue weighted by atomic mass is 16.3. The summed E-state index contributed by atoms with van der Waals surface area (Å²) >= 11 is 0. The Bertz CT molecular complexity index is 713. The molecule has 0 saturated heterocycles. The lowest BCUT2D eigenvalue weighted by molar-refractivity contribution is 0.0731. The van der Waals surface area contributed by atoms with Gasteiger partial charge in [-0.15, -0.1) is 0 Å². The fourth-order valence-electron chi connectivity index (χ4n) is 2.69. The summed E-state index contributed by atoms with van der Waals surface area (Å²) in [6.07, 6.45) is 0.688. The third kappa shape index (κ3) is 2.27. The summed E-state index contributed by atoms with van der Waals surface area (Å²) in [7, 11) is 0. The average molecular weight is 284 g/mol. The van der Waals surface area contributed by atoms with E-state index in [1.54, 1.807) is 4.90 Å². The first-order valence-electron chi connectivity index (χ1n) is 6.74. The van der Waals surface area contributed by atoms with Crippen LogP contribution >= 0.6 is 0 Å². The third-order valence-corrected chi connectivity index (χ3v) is 3.83. The van der Waals surface area contributed by atoms with Crippen molar-refractivity contribution >= 4 is 11.6 Å². The molecule has 1 aliphatic rings. The number of phenolic OH excluding ortho intramolecular Hbond substituents is 2. The van der Waals surface area contributed by atoms with Crippen LogP contribution in [0, 0.1) is 0 Å². The lowest BCUT2D eigenvalue weighted by atomic mass is 9.97. The van der Waals surface area contributed by atoms with Crippen molar-refractivity contribution in [3.05, 3.63) is 53.1 Å². The molecule has 0 fully saturated rings. The van der Waals surface area contributed by atoms with Gasteiger partial charge in [0, 0.05) is 18.8 Å². The van der Waals surface area contributed by atoms with Gasteiger partial charge < -0.3 is 20.8 Å². The number of para-hydroxylation sites is 1. The Labute approximate surface area is 122 Å². The van der Waals surface area contributed by atoms with Crippen LogP contribution in [-0.4, -0.2) is 27.6 Å². The first-order valence-corrected chi connectivity index (χ1v) is 6.74. The standard InChI is InChI=1S/C16H16N2O3/c17-13-5-1-3-10-9-18(8-7-11(10)13)16(21)12-4-2-6-14(19)15(12)20/h1-6,19-20H,7-9,17H2. The fraction of sp³-hybridized carbons (Fsp3) is 0.188. The molecule has 0 radical (unpaired) electrons. The number of phenols is 2. The smallest absolute Gasteiger partial charge is 0.258 e. The van der Waals surface area contributed by atoms with E-state index < -0.39 is 0 Å². The molecule has 0 aliphatic carbocycles. The molecule has 108 valence electrons. The van der Waals surface area contributed by atoms with Gasteiger partial charge in [0.25, 0.3) is 5.91 Å². The maximum atomic E-state index is 12.5. The van der Waals surface area contributed by atoms with Crippen LogP contribution in [0.1, 0.15) is 21.5 Å². The Morgan fingerprint density at radius 1 is 1.14 bits per heavy atom. The molecular weight excluding hydrogens is 268 g/mol. The maximum absolute atomic E-state index is 12.5. The van der Waals surface area contributed by atoms with Crippen LogP contribution in [0.3, 0.4) is 0 Å². The van der Waals surface area contributed by atoms with E-state index in [0.717, 1.165) is 16.8 Å². The topological polar surface area (TPSA) is 86.8 Å². The number of amides is 1. The van der Waals surface area contributed by atoms with Crippen molar-refractivity contribution in [2.75, 3.05) is 12.3 Å². The molecule has 3 rings (SSSR count). The zero-order valence-corrected chi connectivity index (χ0v) is 11.4. The summed E-state index contributed by atoms with van der Waals surface area (Å²) in [6.45, 7) is 0.990. The summed E-state index contributed by atoms with van der Waals surface area (Å²) in [6, 6.07) is 10.1. The number of hydrogen-bond acceptors (Lipinski definition) is 4. The lowest BCUT2D eigenvalue weighted by Gasteiger charge is -2.29. The second kappa shape index (κ2) is 5.01. The minimum absolute atomic E-state index is 0.113. The number of fused-ring (bicyclic) bond motifs is 1. The van der Waals surface area contributed by atoms with Crippen LogP contribution in [0.2, 0.25) is 0 Å². The van der Waals surface area contributed by atoms with Crippen LogP contribution in [0.15, 0.2) is 36.4 Å². The van der Waals surface area contributed by atoms with E-state index in [9.17, 15) is 15.0 Å². The molecule has 2 aromatic carbocycles. The summed E-state index contributed by atoms with van der Waals surface area (Å²) < 4.78 is 0. The molecule has 1 amide bonds. The van der Waals surface area contributed by atoms with Gasteiger partial charge in [0.1, 0.15) is 0 Å². The van der Waals surface area contributed by atoms with E-state index in [-0.39, 0.29) is 23.0 Å². The Hall–Kier alpha value is -2.69. The van der Waals surface area contributed by atoms with Gasteiger partial charge >= 0.3 is 0 Å². The van der Waals surface area contributed by atoms with Gasteiger partial charge in [0.05, 0.1) is 5.56 Å². The van der Waals surface area contributed by atoms with Gasteiger partial charge in [0.15, 0.2) is 11.5 Å². The van der Waals surface area contributed by atoms with Crippen molar-refractivity contribution in [1.82, 2.24) is 4.90 Å². The summed E-state index contributed by atoms with van der Waals surface area (Å²) in [5, 5.41) is 19.3. The monoisotopic (exact) mass is 284 g/mol. The number of carbonyl (C=O) groups excluding carboxylic acids is 1. The molecule has 0 aromatic heterocycles. The molecular formula is C16H16N2O3. The largest absolute Gasteiger partial charge is 0.504 e. The van der Waals surface area contributed by atoms with Gasteiger partial charge in [-0.2, -0.15) is 0 Å². The first kappa shape index (κ1) is 13.3. The van der Waals surface area contributed by atoms with Gasteiger partial charge in [-0.3, -0.25) is 4.79 Å². The molecule has 1 heterocycles. The SMILES string of the molecule is Nc1cccc2c1CCN(C(=O)c1cccc(O)c1O)C2. The van der Waals surface area contributed by atoms with Crippen molar-refractivity contribution in [3.63, 3.8) is 0 Å². The van der Waals surface area contributed by atoms with Crippen molar-refractivity contribution in [3.8, 4) is 11.5 Å². The molecule has 0 saturated carbocycles. The van der Waals surface area contributed by atoms with Crippen LogP contribution in [-0.2, 0) is 13.0 Å². The second-order valence-electron chi connectivity index (χ2n) is 5.13. The molecule has 0 unspecified atom stereocenters. The van der Waals surface area contributed by atoms with E-state index in [2.05, 4.69) is 0 Å². The highest BCUT2D eigenvalue weighted by molar-refractivity contribution is 5.97. The van der Waals surface area contributed by atoms with Crippen LogP contribution in [0.4, 0.5) is 5.69 Å². The van der Waals surface area contributed by atoms with E-state index in [1.165, 1.54) is 18.2 Å². The number of aromatic hydroxyl groups is 2. The minimum atomic E-state index is -0.374. The quantitative estimate of drug-likeness (QED) is 0.551. The van der Waals surface area contributed by atoms with Gasteiger partial charge in [-0.05, 0) is 35.7 Å². The maximum Gasteiger partial charge on any atom is 0.258 e. The predicted molar refractivity (Wildman–Crippen MR) is 79.1 cm³/mol. The number of carbonyl (C=O) groups is 1. The highest BCUT2D eigenvalue weighted by Gasteiger charge is 2.25. The van der Waals surface area contributed by atoms with E-state index in [0.29, 0.717) is 19.5 Å². The van der Waals surface area contributed by atoms with E-state index in [1.807, 2.05) is 18.2 Å². The molecule has 2 aromatic rings. The van der Waals surface area contributed by atoms with Crippen LogP contribution < -0.4 is 5.73 Å². The molecule has 1 aliphatic heterocycles. The van der Waals surface area contributed by atoms with Gasteiger partial charge in [0.2, 0.25) is 0 Å². The number of hydrogen-bond donors (Lipinski definition) is 3. The number of nitrogen functional groups attached to an aromatic ring is 1. The zero-order valence-electron chi connectivity index (χ0n) is 11.4. The molecule has 5 heteroatoms. The molecule has 0 spiro atoms. The van der Waals surface area contributed by atoms with Crippen LogP contribution in [0.25, 0.3) is 0 Å². The molecule has 0 atom stereocenters. The van der Waals surface area contributed by atoms with E-state index >= 15 is 0 Å². The lowest BCUT2D eigenvalue weighted by Crippen LogP contribution is -2.36. The van der Waals surface area contributed by atoms with Crippen molar-refractivity contribution in [2.45, 2.75) is 13.0 Å². The fourth-order valence-corrected chi connectivity index (χ4v) is 2.69. The number of nitrogens with zero attached hydrogens (tertiary/aromatic N) is 1. The number of anilines is 1. The molecule has 4 N–H and O–H groups in total. The first-order chi connectivity index (χ1) is 10.1. The zero-order chi connectivity index (χ0) is 15.0. The average Bonchev–Trinajstić information content (AvgIpc) is 2.49. The molecule has 21 heavy (non-hydrogen) atoms. The number of nitrogens with two attached hydrogens (primary N) is 1. The Morgan fingerprint density at radius 2 is 1.90 bits per heavy atom. The Balaban J connectivity index is 1.89. The summed E-state index contributed by atoms with van der Waals surface area (Å²) in [4.78, 5) is 14.1. The third-order valence-electron chi connectivity index (χ3n) is 3.83. The van der Waals surface area contributed by atoms with E-state index in [4.69, 9.17) is 5.73 Å². The number of rotatable bonds is 1. The molecule has 0 bridgehead atoms. The second-order valence-corrected chi connectivity index (χ2v) is 5.13. The van der Waals surface area contributed by atoms with Crippen LogP contribution in [0.5, 0.6) is 11.5 Å².